The molecule has 2 aromatic carbocycles. The lowest BCUT2D eigenvalue weighted by atomic mass is 9.77. The number of aryl methyl sites for hydroxylation is 2. The topological polar surface area (TPSA) is 9.23 Å². The van der Waals surface area contributed by atoms with Crippen LogP contribution in [-0.4, -0.2) is 6.61 Å². The lowest BCUT2D eigenvalue weighted by Crippen LogP contribution is -2.13. The van der Waals surface area contributed by atoms with Crippen LogP contribution in [0.15, 0.2) is 36.4 Å². The van der Waals surface area contributed by atoms with Crippen molar-refractivity contribution in [2.75, 3.05) is 6.61 Å². The van der Waals surface area contributed by atoms with Gasteiger partial charge in [0, 0.05) is 5.02 Å². The predicted molar refractivity (Wildman–Crippen MR) is 140 cm³/mol. The fourth-order valence-electron chi connectivity index (χ4n) is 4.93. The van der Waals surface area contributed by atoms with Crippen LogP contribution in [0.3, 0.4) is 0 Å². The Morgan fingerprint density at radius 1 is 0.781 bits per heavy atom. The van der Waals surface area contributed by atoms with Gasteiger partial charge in [0.1, 0.15) is 5.75 Å². The van der Waals surface area contributed by atoms with Gasteiger partial charge in [0.25, 0.3) is 0 Å². The summed E-state index contributed by atoms with van der Waals surface area (Å²) in [6, 6.07) is 12.9. The molecular formula is C29H40Cl2O. The van der Waals surface area contributed by atoms with Crippen LogP contribution >= 0.6 is 23.2 Å². The van der Waals surface area contributed by atoms with Gasteiger partial charge in [-0.05, 0) is 91.7 Å². The van der Waals surface area contributed by atoms with Crippen molar-refractivity contribution >= 4 is 23.2 Å². The fraction of sp³-hybridized carbons (Fsp3) is 0.586. The summed E-state index contributed by atoms with van der Waals surface area (Å²) in [6.07, 6.45) is 14.9. The van der Waals surface area contributed by atoms with Gasteiger partial charge >= 0.3 is 0 Å². The Labute approximate surface area is 205 Å². The van der Waals surface area contributed by atoms with Gasteiger partial charge in [-0.1, -0.05) is 87.4 Å². The van der Waals surface area contributed by atoms with E-state index in [1.807, 2.05) is 12.1 Å². The van der Waals surface area contributed by atoms with Crippen molar-refractivity contribution in [1.29, 1.82) is 0 Å². The summed E-state index contributed by atoms with van der Waals surface area (Å²) in [4.78, 5) is 0. The van der Waals surface area contributed by atoms with Crippen LogP contribution in [0.4, 0.5) is 0 Å². The zero-order chi connectivity index (χ0) is 22.8. The fourth-order valence-corrected chi connectivity index (χ4v) is 5.55. The van der Waals surface area contributed by atoms with E-state index >= 15 is 0 Å². The summed E-state index contributed by atoms with van der Waals surface area (Å²) in [5, 5.41) is 1.66. The summed E-state index contributed by atoms with van der Waals surface area (Å²) < 4.78 is 5.76. The maximum atomic E-state index is 6.75. The minimum Gasteiger partial charge on any atom is -0.492 e. The van der Waals surface area contributed by atoms with E-state index in [0.717, 1.165) is 49.0 Å². The van der Waals surface area contributed by atoms with Crippen molar-refractivity contribution in [1.82, 2.24) is 0 Å². The molecule has 3 rings (SSSR count). The van der Waals surface area contributed by atoms with Crippen LogP contribution in [0.5, 0.6) is 5.75 Å². The maximum Gasteiger partial charge on any atom is 0.137 e. The zero-order valence-corrected chi connectivity index (χ0v) is 21.5. The van der Waals surface area contributed by atoms with Crippen LogP contribution in [-0.2, 0) is 12.8 Å². The second-order valence-corrected chi connectivity index (χ2v) is 10.4. The number of benzene rings is 2. The van der Waals surface area contributed by atoms with Gasteiger partial charge < -0.3 is 4.74 Å². The Morgan fingerprint density at radius 2 is 1.44 bits per heavy atom. The molecule has 0 radical (unpaired) electrons. The van der Waals surface area contributed by atoms with E-state index in [0.29, 0.717) is 10.9 Å². The second-order valence-electron chi connectivity index (χ2n) is 9.54. The predicted octanol–water partition coefficient (Wildman–Crippen LogP) is 9.81. The first-order chi connectivity index (χ1) is 15.6. The molecule has 1 saturated carbocycles. The Balaban J connectivity index is 1.50. The Bertz CT molecular complexity index is 824. The molecule has 0 heterocycles. The molecule has 0 aliphatic heterocycles. The number of ether oxygens (including phenoxy) is 1. The molecule has 0 N–H and O–H groups in total. The highest BCUT2D eigenvalue weighted by molar-refractivity contribution is 6.32. The summed E-state index contributed by atoms with van der Waals surface area (Å²) in [5.41, 5.74) is 3.89. The van der Waals surface area contributed by atoms with Crippen molar-refractivity contribution < 1.29 is 4.74 Å². The third-order valence-corrected chi connectivity index (χ3v) is 7.64. The molecule has 2 aromatic rings. The summed E-state index contributed by atoms with van der Waals surface area (Å²) in [6.45, 7) is 5.17. The number of unbranched alkanes of at least 4 members (excludes halogenated alkanes) is 3. The SMILES string of the molecule is CCCCCC1CCC(c2ccc(CCc3ccc(OCCCC)c(Cl)c3)cc2Cl)CC1. The zero-order valence-electron chi connectivity index (χ0n) is 20.0. The summed E-state index contributed by atoms with van der Waals surface area (Å²) >= 11 is 13.2. The average Bonchev–Trinajstić information content (AvgIpc) is 2.80. The minimum atomic E-state index is 0.637. The Hall–Kier alpha value is -1.18. The molecule has 176 valence electrons. The lowest BCUT2D eigenvalue weighted by Gasteiger charge is -2.29. The van der Waals surface area contributed by atoms with E-state index in [1.54, 1.807) is 0 Å². The highest BCUT2D eigenvalue weighted by atomic mass is 35.5. The molecule has 0 atom stereocenters. The standard InChI is InChI=1S/C29H40Cl2O/c1-3-5-7-8-22-11-15-25(16-12-22)26-17-13-23(20-27(26)30)9-10-24-14-18-29(28(31)21-24)32-19-6-4-2/h13-14,17-18,20-22,25H,3-12,15-16,19H2,1-2H3. The van der Waals surface area contributed by atoms with Crippen molar-refractivity contribution in [3.05, 3.63) is 63.1 Å². The first-order valence-electron chi connectivity index (χ1n) is 12.8. The quantitative estimate of drug-likeness (QED) is 0.278. The smallest absolute Gasteiger partial charge is 0.137 e. The molecule has 1 aliphatic carbocycles. The summed E-state index contributed by atoms with van der Waals surface area (Å²) in [7, 11) is 0. The Kier molecular flexibility index (Phi) is 10.7. The number of hydrogen-bond acceptors (Lipinski definition) is 1. The minimum absolute atomic E-state index is 0.637. The number of rotatable bonds is 12. The van der Waals surface area contributed by atoms with E-state index < -0.39 is 0 Å². The van der Waals surface area contributed by atoms with Crippen LogP contribution < -0.4 is 4.74 Å². The van der Waals surface area contributed by atoms with Crippen molar-refractivity contribution in [3.63, 3.8) is 0 Å². The Morgan fingerprint density at radius 3 is 2.06 bits per heavy atom. The van der Waals surface area contributed by atoms with Gasteiger partial charge in [0.15, 0.2) is 0 Å². The lowest BCUT2D eigenvalue weighted by molar-refractivity contribution is 0.303. The molecule has 0 spiro atoms. The third kappa shape index (κ3) is 7.70. The molecule has 1 fully saturated rings. The molecule has 0 saturated heterocycles. The monoisotopic (exact) mass is 474 g/mol. The molecule has 0 bridgehead atoms. The highest BCUT2D eigenvalue weighted by Crippen LogP contribution is 2.40. The van der Waals surface area contributed by atoms with E-state index in [9.17, 15) is 0 Å². The van der Waals surface area contributed by atoms with E-state index in [4.69, 9.17) is 27.9 Å². The first-order valence-corrected chi connectivity index (χ1v) is 13.6. The van der Waals surface area contributed by atoms with Crippen LogP contribution in [0, 0.1) is 5.92 Å². The molecular weight excluding hydrogens is 435 g/mol. The largest absolute Gasteiger partial charge is 0.492 e. The van der Waals surface area contributed by atoms with Crippen LogP contribution in [0.2, 0.25) is 10.0 Å². The molecule has 1 nitrogen and oxygen atoms in total. The van der Waals surface area contributed by atoms with Gasteiger partial charge in [-0.2, -0.15) is 0 Å². The molecule has 1 aliphatic rings. The molecule has 0 amide bonds. The molecule has 0 aromatic heterocycles. The van der Waals surface area contributed by atoms with Gasteiger partial charge in [0.05, 0.1) is 11.6 Å². The molecule has 32 heavy (non-hydrogen) atoms. The van der Waals surface area contributed by atoms with E-state index in [-0.39, 0.29) is 0 Å². The van der Waals surface area contributed by atoms with Gasteiger partial charge in [0.2, 0.25) is 0 Å². The van der Waals surface area contributed by atoms with E-state index in [2.05, 4.69) is 38.1 Å². The van der Waals surface area contributed by atoms with Crippen molar-refractivity contribution in [2.24, 2.45) is 5.92 Å². The molecule has 0 unspecified atom stereocenters. The van der Waals surface area contributed by atoms with Crippen molar-refractivity contribution in [3.8, 4) is 5.75 Å². The average molecular weight is 476 g/mol. The van der Waals surface area contributed by atoms with Gasteiger partial charge in [-0.15, -0.1) is 0 Å². The van der Waals surface area contributed by atoms with Crippen LogP contribution in [0.25, 0.3) is 0 Å². The normalized spacial score (nSPS) is 18.6. The number of halogens is 2. The number of hydrogen-bond donors (Lipinski definition) is 0. The van der Waals surface area contributed by atoms with Gasteiger partial charge in [-0.3, -0.25) is 0 Å². The highest BCUT2D eigenvalue weighted by Gasteiger charge is 2.23. The molecule has 3 heteroatoms. The maximum absolute atomic E-state index is 6.75. The van der Waals surface area contributed by atoms with Crippen LogP contribution in [0.1, 0.15) is 101 Å². The van der Waals surface area contributed by atoms with E-state index in [1.165, 1.54) is 68.1 Å². The third-order valence-electron chi connectivity index (χ3n) is 7.02. The van der Waals surface area contributed by atoms with Gasteiger partial charge in [-0.25, -0.2) is 0 Å². The summed E-state index contributed by atoms with van der Waals surface area (Å²) in [5.74, 6) is 2.36. The first kappa shape index (κ1) is 25.4. The second kappa shape index (κ2) is 13.5. The van der Waals surface area contributed by atoms with Crippen molar-refractivity contribution in [2.45, 2.75) is 96.8 Å².